The van der Waals surface area contributed by atoms with Crippen LogP contribution in [0.25, 0.3) is 0 Å². The first-order valence-electron chi connectivity index (χ1n) is 10.8. The fourth-order valence-electron chi connectivity index (χ4n) is 7.48. The molecule has 0 amide bonds. The van der Waals surface area contributed by atoms with Crippen molar-refractivity contribution in [2.75, 3.05) is 26.8 Å². The van der Waals surface area contributed by atoms with Crippen molar-refractivity contribution in [1.82, 2.24) is 0 Å². The van der Waals surface area contributed by atoms with Crippen LogP contribution in [0.2, 0.25) is 0 Å². The van der Waals surface area contributed by atoms with Gasteiger partial charge >= 0.3 is 0 Å². The Bertz CT molecular complexity index is 638. The Morgan fingerprint density at radius 1 is 1.25 bits per heavy atom. The van der Waals surface area contributed by atoms with E-state index in [9.17, 15) is 4.79 Å². The van der Waals surface area contributed by atoms with E-state index in [-0.39, 0.29) is 29.0 Å². The SMILES string of the molecule is C=CCS[C@]1(C)C[C@@H](OCOC)[C@]23C[C@@H]2CCC2(CC[C@@H](OC)C23)[C@@H](C)C1=O. The second kappa shape index (κ2) is 7.40. The Morgan fingerprint density at radius 3 is 2.68 bits per heavy atom. The average Bonchev–Trinajstić information content (AvgIpc) is 3.33. The van der Waals surface area contributed by atoms with Crippen LogP contribution in [0.15, 0.2) is 12.7 Å². The van der Waals surface area contributed by atoms with Crippen LogP contribution in [0.1, 0.15) is 52.4 Å². The van der Waals surface area contributed by atoms with E-state index in [0.717, 1.165) is 31.4 Å². The fraction of sp³-hybridized carbons (Fsp3) is 0.870. The lowest BCUT2D eigenvalue weighted by Gasteiger charge is -2.55. The molecule has 4 aliphatic rings. The molecule has 0 heterocycles. The number of Topliss-reactive ketones (excluding diaryl/α,β-unsaturated/α-hetero) is 1. The predicted molar refractivity (Wildman–Crippen MR) is 112 cm³/mol. The number of carbonyl (C=O) groups is 1. The summed E-state index contributed by atoms with van der Waals surface area (Å²) in [5.41, 5.74) is 0.217. The first-order valence-corrected chi connectivity index (χ1v) is 11.8. The summed E-state index contributed by atoms with van der Waals surface area (Å²) in [5.74, 6) is 2.40. The van der Waals surface area contributed by atoms with E-state index in [1.54, 1.807) is 18.9 Å². The molecule has 0 aromatic carbocycles. The number of ketones is 1. The van der Waals surface area contributed by atoms with Crippen molar-refractivity contribution in [3.8, 4) is 0 Å². The minimum Gasteiger partial charge on any atom is -0.381 e. The zero-order chi connectivity index (χ0) is 20.2. The Kier molecular flexibility index (Phi) is 5.52. The van der Waals surface area contributed by atoms with Gasteiger partial charge in [-0.2, -0.15) is 0 Å². The molecule has 4 fully saturated rings. The maximum Gasteiger partial charge on any atom is 0.152 e. The molecule has 4 nitrogen and oxygen atoms in total. The van der Waals surface area contributed by atoms with Gasteiger partial charge in [-0.3, -0.25) is 4.79 Å². The molecule has 1 spiro atoms. The standard InChI is InChI=1S/C23H36O4S/c1-6-11-28-21(3)13-18(27-14-25-4)23-12-16(23)7-9-22(15(2)20(21)24)10-8-17(26-5)19(22)23/h6,15-19H,1,7-14H2,2-5H3/t15-,16-,17+,18+,19?,21+,22?,23-/m0/s1. The molecule has 0 N–H and O–H groups in total. The maximum absolute atomic E-state index is 13.9. The van der Waals surface area contributed by atoms with E-state index in [1.807, 2.05) is 13.2 Å². The van der Waals surface area contributed by atoms with Crippen LogP contribution in [0.3, 0.4) is 0 Å². The van der Waals surface area contributed by atoms with Crippen LogP contribution < -0.4 is 0 Å². The minimum atomic E-state index is -0.438. The molecule has 0 radical (unpaired) electrons. The lowest BCUT2D eigenvalue weighted by Crippen LogP contribution is -2.58. The number of carbonyl (C=O) groups excluding carboxylic acids is 1. The van der Waals surface area contributed by atoms with Gasteiger partial charge in [-0.1, -0.05) is 13.0 Å². The normalized spacial score (nSPS) is 49.7. The van der Waals surface area contributed by atoms with Crippen molar-refractivity contribution in [1.29, 1.82) is 0 Å². The summed E-state index contributed by atoms with van der Waals surface area (Å²) >= 11 is 1.74. The van der Waals surface area contributed by atoms with Gasteiger partial charge in [0.1, 0.15) is 6.79 Å². The van der Waals surface area contributed by atoms with Gasteiger partial charge in [0.05, 0.1) is 17.0 Å². The van der Waals surface area contributed by atoms with Gasteiger partial charge in [0.2, 0.25) is 0 Å². The molecule has 4 aliphatic carbocycles. The Morgan fingerprint density at radius 2 is 2.00 bits per heavy atom. The first kappa shape index (κ1) is 20.9. The number of hydrogen-bond acceptors (Lipinski definition) is 5. The predicted octanol–water partition coefficient (Wildman–Crippen LogP) is 4.47. The lowest BCUT2D eigenvalue weighted by atomic mass is 9.52. The van der Waals surface area contributed by atoms with Gasteiger partial charge in [-0.15, -0.1) is 18.3 Å². The monoisotopic (exact) mass is 408 g/mol. The topological polar surface area (TPSA) is 44.8 Å². The van der Waals surface area contributed by atoms with Crippen molar-refractivity contribution in [2.45, 2.75) is 69.3 Å². The van der Waals surface area contributed by atoms with Crippen LogP contribution in [0, 0.1) is 28.6 Å². The molecular weight excluding hydrogens is 372 g/mol. The molecular formula is C23H36O4S. The second-order valence-electron chi connectivity index (χ2n) is 9.76. The Labute approximate surface area is 174 Å². The highest BCUT2D eigenvalue weighted by atomic mass is 32.2. The summed E-state index contributed by atoms with van der Waals surface area (Å²) in [5, 5.41) is 0. The van der Waals surface area contributed by atoms with Crippen molar-refractivity contribution >= 4 is 17.5 Å². The minimum absolute atomic E-state index is 0.0524. The summed E-state index contributed by atoms with van der Waals surface area (Å²) in [4.78, 5) is 13.9. The average molecular weight is 409 g/mol. The largest absolute Gasteiger partial charge is 0.381 e. The molecule has 2 bridgehead atoms. The molecule has 158 valence electrons. The van der Waals surface area contributed by atoms with Gasteiger partial charge in [0, 0.05) is 31.3 Å². The van der Waals surface area contributed by atoms with Crippen LogP contribution in [0.5, 0.6) is 0 Å². The zero-order valence-electron chi connectivity index (χ0n) is 17.9. The molecule has 4 rings (SSSR count). The fourth-order valence-corrected chi connectivity index (χ4v) is 8.55. The van der Waals surface area contributed by atoms with Crippen molar-refractivity contribution < 1.29 is 19.0 Å². The van der Waals surface area contributed by atoms with Gasteiger partial charge < -0.3 is 14.2 Å². The molecule has 0 saturated heterocycles. The third-order valence-electron chi connectivity index (χ3n) is 8.78. The Balaban J connectivity index is 1.80. The molecule has 0 aliphatic heterocycles. The summed E-state index contributed by atoms with van der Waals surface area (Å²) < 4.78 is 17.3. The lowest BCUT2D eigenvalue weighted by molar-refractivity contribution is -0.171. The number of methoxy groups -OCH3 is 2. The smallest absolute Gasteiger partial charge is 0.152 e. The zero-order valence-corrected chi connectivity index (χ0v) is 18.7. The summed E-state index contributed by atoms with van der Waals surface area (Å²) in [7, 11) is 3.54. The van der Waals surface area contributed by atoms with Crippen molar-refractivity contribution in [3.05, 3.63) is 12.7 Å². The van der Waals surface area contributed by atoms with Crippen molar-refractivity contribution in [3.63, 3.8) is 0 Å². The van der Waals surface area contributed by atoms with E-state index in [4.69, 9.17) is 14.2 Å². The Hall–Kier alpha value is -0.360. The van der Waals surface area contributed by atoms with Crippen LogP contribution in [0.4, 0.5) is 0 Å². The molecule has 28 heavy (non-hydrogen) atoms. The summed E-state index contributed by atoms with van der Waals surface area (Å²) in [6, 6.07) is 0. The molecule has 0 aromatic heterocycles. The molecule has 4 saturated carbocycles. The molecule has 8 atom stereocenters. The number of rotatable bonds is 7. The van der Waals surface area contributed by atoms with Crippen LogP contribution in [-0.4, -0.2) is 49.5 Å². The maximum atomic E-state index is 13.9. The summed E-state index contributed by atoms with van der Waals surface area (Å²) in [6.07, 6.45) is 8.76. The van der Waals surface area contributed by atoms with E-state index >= 15 is 0 Å². The molecule has 2 unspecified atom stereocenters. The third-order valence-corrected chi connectivity index (χ3v) is 10.2. The summed E-state index contributed by atoms with van der Waals surface area (Å²) in [6.45, 7) is 8.54. The number of thioether (sulfide) groups is 1. The molecule has 0 aromatic rings. The van der Waals surface area contributed by atoms with Crippen LogP contribution in [-0.2, 0) is 19.0 Å². The van der Waals surface area contributed by atoms with Gasteiger partial charge in [0.25, 0.3) is 0 Å². The second-order valence-corrected chi connectivity index (χ2v) is 11.3. The quantitative estimate of drug-likeness (QED) is 0.459. The van der Waals surface area contributed by atoms with Crippen molar-refractivity contribution in [2.24, 2.45) is 28.6 Å². The van der Waals surface area contributed by atoms with Gasteiger partial charge in [0.15, 0.2) is 5.78 Å². The molecule has 5 heteroatoms. The highest BCUT2D eigenvalue weighted by Crippen LogP contribution is 2.78. The van der Waals surface area contributed by atoms with Gasteiger partial charge in [-0.05, 0) is 62.7 Å². The highest BCUT2D eigenvalue weighted by molar-refractivity contribution is 8.01. The number of hydrogen-bond donors (Lipinski definition) is 0. The third kappa shape index (κ3) is 2.79. The highest BCUT2D eigenvalue weighted by Gasteiger charge is 2.76. The van der Waals surface area contributed by atoms with E-state index in [2.05, 4.69) is 20.4 Å². The van der Waals surface area contributed by atoms with Gasteiger partial charge in [-0.25, -0.2) is 0 Å². The van der Waals surface area contributed by atoms with Crippen LogP contribution >= 0.6 is 11.8 Å². The number of ether oxygens (including phenoxy) is 3. The first-order chi connectivity index (χ1) is 13.4. The van der Waals surface area contributed by atoms with E-state index in [0.29, 0.717) is 24.4 Å². The van der Waals surface area contributed by atoms with E-state index in [1.165, 1.54) is 12.8 Å². The van der Waals surface area contributed by atoms with E-state index < -0.39 is 4.75 Å².